The Morgan fingerprint density at radius 3 is 2.23 bits per heavy atom. The van der Waals surface area contributed by atoms with Crippen LogP contribution in [-0.4, -0.2) is 30.9 Å². The second kappa shape index (κ2) is 4.11. The first-order valence-corrected chi connectivity index (χ1v) is 4.38. The van der Waals surface area contributed by atoms with Gasteiger partial charge in [0, 0.05) is 20.0 Å². The summed E-state index contributed by atoms with van der Waals surface area (Å²) in [4.78, 5) is 23.5. The van der Waals surface area contributed by atoms with Crippen LogP contribution in [0.25, 0.3) is 0 Å². The fourth-order valence-corrected chi connectivity index (χ4v) is 0.999. The third-order valence-electron chi connectivity index (χ3n) is 2.17. The van der Waals surface area contributed by atoms with Gasteiger partial charge in [-0.25, -0.2) is 10.2 Å². The molecule has 0 aliphatic heterocycles. The lowest BCUT2D eigenvalue weighted by Gasteiger charge is -2.24. The molecule has 3 amide bonds. The van der Waals surface area contributed by atoms with Crippen molar-refractivity contribution >= 4 is 11.9 Å². The molecule has 1 aliphatic carbocycles. The smallest absolute Gasteiger partial charge is 0.330 e. The van der Waals surface area contributed by atoms with Crippen LogP contribution in [0.15, 0.2) is 0 Å². The van der Waals surface area contributed by atoms with E-state index in [1.54, 1.807) is 14.1 Å². The molecule has 5 heteroatoms. The summed E-state index contributed by atoms with van der Waals surface area (Å²) in [5.74, 6) is 0.0175. The normalized spacial score (nSPS) is 15.8. The van der Waals surface area contributed by atoms with Gasteiger partial charge >= 0.3 is 6.03 Å². The van der Waals surface area contributed by atoms with E-state index in [4.69, 9.17) is 0 Å². The highest BCUT2D eigenvalue weighted by Gasteiger charge is 2.25. The Balaban J connectivity index is 2.17. The molecule has 0 aromatic rings. The molecule has 13 heavy (non-hydrogen) atoms. The summed E-state index contributed by atoms with van der Waals surface area (Å²) in [6.45, 7) is 0. The first-order chi connectivity index (χ1) is 6.11. The number of nitrogens with zero attached hydrogens (tertiary/aromatic N) is 1. The van der Waals surface area contributed by atoms with Gasteiger partial charge in [-0.05, 0) is 12.8 Å². The Morgan fingerprint density at radius 1 is 1.23 bits per heavy atom. The zero-order valence-corrected chi connectivity index (χ0v) is 7.96. The third kappa shape index (κ3) is 2.61. The first kappa shape index (κ1) is 9.83. The van der Waals surface area contributed by atoms with Crippen molar-refractivity contribution < 1.29 is 9.59 Å². The van der Waals surface area contributed by atoms with Crippen molar-refractivity contribution in [3.8, 4) is 0 Å². The molecule has 0 atom stereocenters. The number of amides is 3. The summed E-state index contributed by atoms with van der Waals surface area (Å²) >= 11 is 0. The molecule has 1 aliphatic rings. The molecule has 0 saturated heterocycles. The number of hydrogen-bond donors (Lipinski definition) is 2. The van der Waals surface area contributed by atoms with E-state index in [2.05, 4.69) is 10.9 Å². The molecule has 0 heterocycles. The van der Waals surface area contributed by atoms with E-state index in [-0.39, 0.29) is 17.9 Å². The summed E-state index contributed by atoms with van der Waals surface area (Å²) < 4.78 is 0. The van der Waals surface area contributed by atoms with Gasteiger partial charge in [-0.1, -0.05) is 6.42 Å². The van der Waals surface area contributed by atoms with Crippen molar-refractivity contribution in [2.75, 3.05) is 14.1 Å². The Hall–Kier alpha value is -1.26. The van der Waals surface area contributed by atoms with Gasteiger partial charge < -0.3 is 4.90 Å². The van der Waals surface area contributed by atoms with Crippen molar-refractivity contribution in [2.24, 2.45) is 5.92 Å². The first-order valence-electron chi connectivity index (χ1n) is 4.38. The van der Waals surface area contributed by atoms with Crippen LogP contribution in [0.3, 0.4) is 0 Å². The zero-order chi connectivity index (χ0) is 9.84. The summed E-state index contributed by atoms with van der Waals surface area (Å²) in [7, 11) is 3.23. The van der Waals surface area contributed by atoms with Gasteiger partial charge in [-0.15, -0.1) is 0 Å². The van der Waals surface area contributed by atoms with Crippen LogP contribution >= 0.6 is 0 Å². The van der Waals surface area contributed by atoms with E-state index in [0.717, 1.165) is 19.3 Å². The van der Waals surface area contributed by atoms with Crippen LogP contribution in [0.1, 0.15) is 19.3 Å². The number of rotatable bonds is 1. The maximum atomic E-state index is 11.2. The van der Waals surface area contributed by atoms with Gasteiger partial charge in [-0.2, -0.15) is 0 Å². The van der Waals surface area contributed by atoms with Crippen molar-refractivity contribution in [3.63, 3.8) is 0 Å². The van der Waals surface area contributed by atoms with Crippen LogP contribution in [0.4, 0.5) is 4.79 Å². The molecule has 1 saturated carbocycles. The molecule has 0 radical (unpaired) electrons. The maximum Gasteiger partial charge on any atom is 0.335 e. The molecule has 0 bridgehead atoms. The Morgan fingerprint density at radius 2 is 1.85 bits per heavy atom. The maximum absolute atomic E-state index is 11.2. The molecule has 2 N–H and O–H groups in total. The Labute approximate surface area is 77.4 Å². The highest BCUT2D eigenvalue weighted by molar-refractivity contribution is 5.82. The molecule has 74 valence electrons. The lowest BCUT2D eigenvalue weighted by Crippen LogP contribution is -2.49. The molecular formula is C8H15N3O2. The molecule has 0 spiro atoms. The largest absolute Gasteiger partial charge is 0.335 e. The molecule has 1 rings (SSSR count). The van der Waals surface area contributed by atoms with Crippen LogP contribution in [0.2, 0.25) is 0 Å². The fourth-order valence-electron chi connectivity index (χ4n) is 0.999. The summed E-state index contributed by atoms with van der Waals surface area (Å²) in [6.07, 6.45) is 2.98. The standard InChI is InChI=1S/C8H15N3O2/c1-11(2)8(13)10-9-7(12)6-4-3-5-6/h6H,3-5H2,1-2H3,(H,9,12)(H,10,13). The summed E-state index contributed by atoms with van der Waals surface area (Å²) in [6, 6.07) is -0.312. The highest BCUT2D eigenvalue weighted by atomic mass is 16.2. The fraction of sp³-hybridized carbons (Fsp3) is 0.750. The molecule has 0 aromatic heterocycles. The van der Waals surface area contributed by atoms with Crippen molar-refractivity contribution in [1.29, 1.82) is 0 Å². The second-order valence-corrected chi connectivity index (χ2v) is 3.44. The van der Waals surface area contributed by atoms with Crippen molar-refractivity contribution in [1.82, 2.24) is 15.8 Å². The van der Waals surface area contributed by atoms with Crippen LogP contribution in [-0.2, 0) is 4.79 Å². The van der Waals surface area contributed by atoms with Gasteiger partial charge in [0.15, 0.2) is 0 Å². The van der Waals surface area contributed by atoms with E-state index in [0.29, 0.717) is 0 Å². The third-order valence-corrected chi connectivity index (χ3v) is 2.17. The van der Waals surface area contributed by atoms with Gasteiger partial charge in [0.1, 0.15) is 0 Å². The molecular weight excluding hydrogens is 170 g/mol. The Bertz CT molecular complexity index is 211. The van der Waals surface area contributed by atoms with Crippen molar-refractivity contribution in [2.45, 2.75) is 19.3 Å². The predicted octanol–water partition coefficient (Wildman–Crippen LogP) is 0.0889. The molecule has 0 aromatic carbocycles. The van der Waals surface area contributed by atoms with Gasteiger partial charge in [0.05, 0.1) is 0 Å². The topological polar surface area (TPSA) is 61.4 Å². The number of hydrazine groups is 1. The lowest BCUT2D eigenvalue weighted by atomic mass is 9.85. The average Bonchev–Trinajstić information content (AvgIpc) is 1.96. The molecule has 1 fully saturated rings. The van der Waals surface area contributed by atoms with Crippen LogP contribution in [0, 0.1) is 5.92 Å². The van der Waals surface area contributed by atoms with Crippen LogP contribution in [0.5, 0.6) is 0 Å². The van der Waals surface area contributed by atoms with E-state index in [9.17, 15) is 9.59 Å². The number of hydrogen-bond acceptors (Lipinski definition) is 2. The number of nitrogens with one attached hydrogen (secondary N) is 2. The van der Waals surface area contributed by atoms with Crippen LogP contribution < -0.4 is 10.9 Å². The highest BCUT2D eigenvalue weighted by Crippen LogP contribution is 2.25. The van der Waals surface area contributed by atoms with Gasteiger partial charge in [0.2, 0.25) is 5.91 Å². The van der Waals surface area contributed by atoms with E-state index < -0.39 is 0 Å². The average molecular weight is 185 g/mol. The second-order valence-electron chi connectivity index (χ2n) is 3.44. The van der Waals surface area contributed by atoms with E-state index in [1.807, 2.05) is 0 Å². The predicted molar refractivity (Wildman–Crippen MR) is 47.7 cm³/mol. The van der Waals surface area contributed by atoms with E-state index in [1.165, 1.54) is 4.90 Å². The lowest BCUT2D eigenvalue weighted by molar-refractivity contribution is -0.128. The minimum atomic E-state index is -0.312. The summed E-state index contributed by atoms with van der Waals surface area (Å²) in [5, 5.41) is 0. The minimum absolute atomic E-state index is 0.0820. The number of carbonyl (C=O) groups is 2. The monoisotopic (exact) mass is 185 g/mol. The molecule has 0 unspecified atom stereocenters. The van der Waals surface area contributed by atoms with Gasteiger partial charge in [-0.3, -0.25) is 10.2 Å². The number of urea groups is 1. The zero-order valence-electron chi connectivity index (χ0n) is 7.96. The quantitative estimate of drug-likeness (QED) is 0.569. The SMILES string of the molecule is CN(C)C(=O)NNC(=O)C1CCC1. The minimum Gasteiger partial charge on any atom is -0.330 e. The number of carbonyl (C=O) groups excluding carboxylic acids is 2. The van der Waals surface area contributed by atoms with Crippen molar-refractivity contribution in [3.05, 3.63) is 0 Å². The summed E-state index contributed by atoms with van der Waals surface area (Å²) in [5.41, 5.74) is 4.70. The Kier molecular flexibility index (Phi) is 3.11. The van der Waals surface area contributed by atoms with Gasteiger partial charge in [0.25, 0.3) is 0 Å². The molecule has 5 nitrogen and oxygen atoms in total. The van der Waals surface area contributed by atoms with E-state index >= 15 is 0 Å².